The van der Waals surface area contributed by atoms with Crippen LogP contribution < -0.4 is 5.32 Å². The van der Waals surface area contributed by atoms with Crippen molar-refractivity contribution in [2.75, 3.05) is 32.7 Å². The van der Waals surface area contributed by atoms with Gasteiger partial charge in [0.25, 0.3) is 5.91 Å². The van der Waals surface area contributed by atoms with Gasteiger partial charge >= 0.3 is 6.09 Å². The average molecular weight is 382 g/mol. The van der Waals surface area contributed by atoms with Gasteiger partial charge in [-0.1, -0.05) is 11.6 Å². The molecule has 2 rings (SSSR count). The van der Waals surface area contributed by atoms with E-state index in [1.807, 2.05) is 0 Å². The van der Waals surface area contributed by atoms with Crippen LogP contribution in [-0.2, 0) is 9.53 Å². The maximum atomic E-state index is 12.4. The van der Waals surface area contributed by atoms with E-state index in [9.17, 15) is 14.4 Å². The third-order valence-electron chi connectivity index (χ3n) is 3.79. The summed E-state index contributed by atoms with van der Waals surface area (Å²) in [6, 6.07) is 6.73. The molecule has 0 unspecified atom stereocenters. The van der Waals surface area contributed by atoms with E-state index in [2.05, 4.69) is 5.32 Å². The number of hydrogen-bond donors (Lipinski definition) is 1. The summed E-state index contributed by atoms with van der Waals surface area (Å²) in [6.07, 6.45) is -0.623. The molecule has 1 aromatic rings. The number of hydrogen-bond acceptors (Lipinski definition) is 4. The summed E-state index contributed by atoms with van der Waals surface area (Å²) >= 11 is 5.84. The molecule has 1 saturated heterocycles. The maximum Gasteiger partial charge on any atom is 0.408 e. The van der Waals surface area contributed by atoms with Gasteiger partial charge in [0.15, 0.2) is 0 Å². The molecule has 8 heteroatoms. The monoisotopic (exact) mass is 381 g/mol. The second-order valence-electron chi connectivity index (χ2n) is 7.04. The van der Waals surface area contributed by atoms with Crippen molar-refractivity contribution in [3.63, 3.8) is 0 Å². The molecular weight excluding hydrogens is 358 g/mol. The Morgan fingerprint density at radius 3 is 2.12 bits per heavy atom. The fourth-order valence-corrected chi connectivity index (χ4v) is 2.63. The highest BCUT2D eigenvalue weighted by molar-refractivity contribution is 6.30. The number of nitrogens with one attached hydrogen (secondary N) is 1. The van der Waals surface area contributed by atoms with E-state index >= 15 is 0 Å². The van der Waals surface area contributed by atoms with Crippen LogP contribution in [0.5, 0.6) is 0 Å². The Bertz CT molecular complexity index is 662. The molecule has 0 saturated carbocycles. The third kappa shape index (κ3) is 5.91. The van der Waals surface area contributed by atoms with Gasteiger partial charge in [-0.2, -0.15) is 0 Å². The highest BCUT2D eigenvalue weighted by Gasteiger charge is 2.25. The van der Waals surface area contributed by atoms with Crippen molar-refractivity contribution in [2.24, 2.45) is 0 Å². The van der Waals surface area contributed by atoms with Crippen LogP contribution in [0.25, 0.3) is 0 Å². The normalized spacial score (nSPS) is 14.8. The van der Waals surface area contributed by atoms with E-state index in [0.717, 1.165) is 0 Å². The van der Waals surface area contributed by atoms with Crippen LogP contribution in [0.2, 0.25) is 5.02 Å². The van der Waals surface area contributed by atoms with Crippen molar-refractivity contribution in [2.45, 2.75) is 26.4 Å². The lowest BCUT2D eigenvalue weighted by molar-refractivity contribution is -0.131. The van der Waals surface area contributed by atoms with Crippen LogP contribution in [0.1, 0.15) is 31.1 Å². The van der Waals surface area contributed by atoms with Crippen molar-refractivity contribution in [1.82, 2.24) is 15.1 Å². The van der Waals surface area contributed by atoms with E-state index in [-0.39, 0.29) is 18.4 Å². The Hall–Kier alpha value is -2.28. The maximum absolute atomic E-state index is 12.4. The first-order chi connectivity index (χ1) is 12.2. The van der Waals surface area contributed by atoms with Crippen molar-refractivity contribution in [1.29, 1.82) is 0 Å². The number of nitrogens with zero attached hydrogens (tertiary/aromatic N) is 2. The van der Waals surface area contributed by atoms with Gasteiger partial charge in [0.05, 0.1) is 0 Å². The van der Waals surface area contributed by atoms with E-state index in [4.69, 9.17) is 16.3 Å². The number of carbonyl (C=O) groups is 3. The van der Waals surface area contributed by atoms with Crippen LogP contribution in [-0.4, -0.2) is 66.0 Å². The van der Waals surface area contributed by atoms with Crippen LogP contribution in [0.15, 0.2) is 24.3 Å². The van der Waals surface area contributed by atoms with Gasteiger partial charge in [-0.3, -0.25) is 9.59 Å². The standard InChI is InChI=1S/C18H24ClN3O4/c1-18(2,3)26-17(25)20-12-15(23)21-8-10-22(11-9-21)16(24)13-4-6-14(19)7-5-13/h4-7H,8-12H2,1-3H3,(H,20,25). The molecule has 1 heterocycles. The van der Waals surface area contributed by atoms with Crippen LogP contribution in [0.4, 0.5) is 4.79 Å². The lowest BCUT2D eigenvalue weighted by Gasteiger charge is -2.35. The van der Waals surface area contributed by atoms with Crippen molar-refractivity contribution < 1.29 is 19.1 Å². The highest BCUT2D eigenvalue weighted by Crippen LogP contribution is 2.13. The van der Waals surface area contributed by atoms with E-state index in [1.165, 1.54) is 0 Å². The van der Waals surface area contributed by atoms with Gasteiger partial charge in [-0.05, 0) is 45.0 Å². The predicted molar refractivity (Wildman–Crippen MR) is 98.2 cm³/mol. The zero-order valence-corrected chi connectivity index (χ0v) is 16.0. The fourth-order valence-electron chi connectivity index (χ4n) is 2.51. The molecule has 1 aliphatic rings. The summed E-state index contributed by atoms with van der Waals surface area (Å²) in [7, 11) is 0. The van der Waals surface area contributed by atoms with E-state index in [1.54, 1.807) is 54.8 Å². The molecule has 0 radical (unpaired) electrons. The number of amides is 3. The van der Waals surface area contributed by atoms with E-state index in [0.29, 0.717) is 36.8 Å². The van der Waals surface area contributed by atoms with Crippen LogP contribution >= 0.6 is 11.6 Å². The molecule has 1 aromatic carbocycles. The number of alkyl carbamates (subject to hydrolysis) is 1. The number of carbonyl (C=O) groups excluding carboxylic acids is 3. The minimum atomic E-state index is -0.623. The Labute approximate surface area is 158 Å². The molecule has 1 aliphatic heterocycles. The van der Waals surface area contributed by atoms with Gasteiger partial charge in [0, 0.05) is 36.8 Å². The second-order valence-corrected chi connectivity index (χ2v) is 7.47. The fraction of sp³-hybridized carbons (Fsp3) is 0.500. The van der Waals surface area contributed by atoms with Gasteiger partial charge in [0.2, 0.25) is 5.91 Å². The second kappa shape index (κ2) is 8.40. The summed E-state index contributed by atoms with van der Waals surface area (Å²) in [5.74, 6) is -0.282. The minimum absolute atomic E-state index is 0.0827. The predicted octanol–water partition coefficient (Wildman–Crippen LogP) is 2.15. The number of benzene rings is 1. The Kier molecular flexibility index (Phi) is 6.47. The van der Waals surface area contributed by atoms with Gasteiger partial charge < -0.3 is 19.9 Å². The lowest BCUT2D eigenvalue weighted by Crippen LogP contribution is -2.52. The zero-order valence-electron chi connectivity index (χ0n) is 15.3. The molecule has 0 atom stereocenters. The quantitative estimate of drug-likeness (QED) is 0.870. The van der Waals surface area contributed by atoms with Crippen molar-refractivity contribution in [3.8, 4) is 0 Å². The molecule has 7 nitrogen and oxygen atoms in total. The third-order valence-corrected chi connectivity index (χ3v) is 4.05. The first-order valence-corrected chi connectivity index (χ1v) is 8.83. The summed E-state index contributed by atoms with van der Waals surface area (Å²) in [5.41, 5.74) is -0.0402. The van der Waals surface area contributed by atoms with Crippen LogP contribution in [0, 0.1) is 0 Å². The highest BCUT2D eigenvalue weighted by atomic mass is 35.5. The number of halogens is 1. The molecule has 0 aliphatic carbocycles. The summed E-state index contributed by atoms with van der Waals surface area (Å²) in [5, 5.41) is 3.03. The molecule has 3 amide bonds. The number of piperazine rings is 1. The van der Waals surface area contributed by atoms with Gasteiger partial charge in [-0.25, -0.2) is 4.79 Å². The van der Waals surface area contributed by atoms with Gasteiger partial charge in [-0.15, -0.1) is 0 Å². The molecule has 1 fully saturated rings. The van der Waals surface area contributed by atoms with Crippen molar-refractivity contribution in [3.05, 3.63) is 34.9 Å². The average Bonchev–Trinajstić information content (AvgIpc) is 2.58. The molecular formula is C18H24ClN3O4. The Morgan fingerprint density at radius 2 is 1.58 bits per heavy atom. The summed E-state index contributed by atoms with van der Waals surface area (Å²) < 4.78 is 5.10. The number of ether oxygens (including phenoxy) is 1. The molecule has 0 aromatic heterocycles. The smallest absolute Gasteiger partial charge is 0.408 e. The Morgan fingerprint density at radius 1 is 1.04 bits per heavy atom. The minimum Gasteiger partial charge on any atom is -0.444 e. The van der Waals surface area contributed by atoms with Crippen LogP contribution in [0.3, 0.4) is 0 Å². The molecule has 0 spiro atoms. The summed E-state index contributed by atoms with van der Waals surface area (Å²) in [4.78, 5) is 39.6. The molecule has 142 valence electrons. The van der Waals surface area contributed by atoms with E-state index < -0.39 is 11.7 Å². The Balaban J connectivity index is 1.78. The van der Waals surface area contributed by atoms with Crippen molar-refractivity contribution >= 4 is 29.5 Å². The first kappa shape index (κ1) is 20.0. The topological polar surface area (TPSA) is 79.0 Å². The first-order valence-electron chi connectivity index (χ1n) is 8.45. The largest absolute Gasteiger partial charge is 0.444 e. The number of rotatable bonds is 3. The SMILES string of the molecule is CC(C)(C)OC(=O)NCC(=O)N1CCN(C(=O)c2ccc(Cl)cc2)CC1. The lowest BCUT2D eigenvalue weighted by atomic mass is 10.2. The molecule has 26 heavy (non-hydrogen) atoms. The molecule has 1 N–H and O–H groups in total. The zero-order chi connectivity index (χ0) is 19.3. The molecule has 0 bridgehead atoms. The summed E-state index contributed by atoms with van der Waals surface area (Å²) in [6.45, 7) is 6.88. The van der Waals surface area contributed by atoms with Gasteiger partial charge in [0.1, 0.15) is 12.1 Å².